The molecule has 0 unspecified atom stereocenters. The second-order valence-electron chi connectivity index (χ2n) is 4.40. The minimum Gasteiger partial charge on any atom is -0.478 e. The Bertz CT molecular complexity index is 701. The summed E-state index contributed by atoms with van der Waals surface area (Å²) in [6.07, 6.45) is 0. The molecule has 0 spiro atoms. The highest BCUT2D eigenvalue weighted by molar-refractivity contribution is 6.34. The molecule has 21 heavy (non-hydrogen) atoms. The van der Waals surface area contributed by atoms with E-state index in [9.17, 15) is 9.59 Å². The van der Waals surface area contributed by atoms with Gasteiger partial charge in [-0.1, -0.05) is 29.8 Å². The van der Waals surface area contributed by atoms with Gasteiger partial charge in [0.05, 0.1) is 16.3 Å². The van der Waals surface area contributed by atoms with Crippen molar-refractivity contribution in [1.82, 2.24) is 0 Å². The molecule has 5 nitrogen and oxygen atoms in total. The smallest absolute Gasteiger partial charge is 0.335 e. The van der Waals surface area contributed by atoms with E-state index in [1.54, 1.807) is 24.3 Å². The van der Waals surface area contributed by atoms with Crippen LogP contribution in [0.4, 0.5) is 16.2 Å². The van der Waals surface area contributed by atoms with Crippen molar-refractivity contribution < 1.29 is 14.7 Å². The van der Waals surface area contributed by atoms with Crippen LogP contribution in [0.3, 0.4) is 0 Å². The van der Waals surface area contributed by atoms with Crippen LogP contribution in [0.1, 0.15) is 15.9 Å². The number of aryl methyl sites for hydroxylation is 1. The molecule has 0 heterocycles. The molecule has 0 saturated heterocycles. The number of aromatic carboxylic acids is 1. The zero-order chi connectivity index (χ0) is 15.4. The lowest BCUT2D eigenvalue weighted by Gasteiger charge is -2.10. The number of amides is 2. The molecule has 0 aliphatic carbocycles. The van der Waals surface area contributed by atoms with E-state index in [1.165, 1.54) is 12.1 Å². The van der Waals surface area contributed by atoms with Gasteiger partial charge < -0.3 is 15.7 Å². The Kier molecular flexibility index (Phi) is 4.45. The molecule has 2 amide bonds. The molecule has 0 bridgehead atoms. The standard InChI is InChI=1S/C15H13ClN2O3/c1-9-4-2-7-12(13(9)16)18-15(21)17-11-6-3-5-10(8-11)14(19)20/h2-8H,1H3,(H,19,20)(H2,17,18,21). The van der Waals surface area contributed by atoms with Gasteiger partial charge in [-0.05, 0) is 36.8 Å². The van der Waals surface area contributed by atoms with Crippen LogP contribution in [0.25, 0.3) is 0 Å². The van der Waals surface area contributed by atoms with Crippen LogP contribution >= 0.6 is 11.6 Å². The number of urea groups is 1. The fourth-order valence-corrected chi connectivity index (χ4v) is 1.93. The Morgan fingerprint density at radius 1 is 1.10 bits per heavy atom. The van der Waals surface area contributed by atoms with Crippen molar-refractivity contribution in [2.45, 2.75) is 6.92 Å². The molecule has 0 saturated carbocycles. The molecule has 108 valence electrons. The summed E-state index contributed by atoms with van der Waals surface area (Å²) in [5.41, 5.74) is 1.82. The predicted octanol–water partition coefficient (Wildman–Crippen LogP) is 3.99. The van der Waals surface area contributed by atoms with E-state index in [4.69, 9.17) is 16.7 Å². The number of rotatable bonds is 3. The summed E-state index contributed by atoms with van der Waals surface area (Å²) < 4.78 is 0. The highest BCUT2D eigenvalue weighted by Gasteiger charge is 2.09. The molecule has 0 aliphatic heterocycles. The second-order valence-corrected chi connectivity index (χ2v) is 4.78. The van der Waals surface area contributed by atoms with E-state index < -0.39 is 12.0 Å². The minimum absolute atomic E-state index is 0.0985. The third-order valence-electron chi connectivity index (χ3n) is 2.81. The minimum atomic E-state index is -1.05. The third-order valence-corrected chi connectivity index (χ3v) is 3.31. The third kappa shape index (κ3) is 3.73. The molecule has 6 heteroatoms. The van der Waals surface area contributed by atoms with Crippen molar-refractivity contribution >= 4 is 35.0 Å². The quantitative estimate of drug-likeness (QED) is 0.802. The monoisotopic (exact) mass is 304 g/mol. The summed E-state index contributed by atoms with van der Waals surface area (Å²) in [4.78, 5) is 22.8. The van der Waals surface area contributed by atoms with Crippen molar-refractivity contribution in [2.24, 2.45) is 0 Å². The maximum Gasteiger partial charge on any atom is 0.335 e. The van der Waals surface area contributed by atoms with Gasteiger partial charge in [0.25, 0.3) is 0 Å². The first kappa shape index (κ1) is 14.9. The maximum atomic E-state index is 11.9. The van der Waals surface area contributed by atoms with Crippen molar-refractivity contribution in [3.05, 3.63) is 58.6 Å². The molecule has 0 aromatic heterocycles. The molecule has 2 rings (SSSR count). The molecular weight excluding hydrogens is 292 g/mol. The number of nitrogens with one attached hydrogen (secondary N) is 2. The summed E-state index contributed by atoms with van der Waals surface area (Å²) in [6.45, 7) is 1.84. The van der Waals surface area contributed by atoms with Crippen molar-refractivity contribution in [3.8, 4) is 0 Å². The van der Waals surface area contributed by atoms with Gasteiger partial charge in [0, 0.05) is 5.69 Å². The second kappa shape index (κ2) is 6.28. The van der Waals surface area contributed by atoms with Crippen LogP contribution in [0.15, 0.2) is 42.5 Å². The van der Waals surface area contributed by atoms with Crippen LogP contribution < -0.4 is 10.6 Å². The Hall–Kier alpha value is -2.53. The number of halogens is 1. The average molecular weight is 305 g/mol. The number of carbonyl (C=O) groups excluding carboxylic acids is 1. The average Bonchev–Trinajstić information content (AvgIpc) is 2.44. The Labute approximate surface area is 126 Å². The Balaban J connectivity index is 2.10. The van der Waals surface area contributed by atoms with E-state index in [-0.39, 0.29) is 5.56 Å². The van der Waals surface area contributed by atoms with Crippen LogP contribution in [0.5, 0.6) is 0 Å². The van der Waals surface area contributed by atoms with Gasteiger partial charge in [0.15, 0.2) is 0 Å². The number of hydrogen-bond acceptors (Lipinski definition) is 2. The normalized spacial score (nSPS) is 10.0. The molecule has 3 N–H and O–H groups in total. The first-order chi connectivity index (χ1) is 9.97. The van der Waals surface area contributed by atoms with Crippen LogP contribution in [-0.4, -0.2) is 17.1 Å². The highest BCUT2D eigenvalue weighted by atomic mass is 35.5. The topological polar surface area (TPSA) is 78.4 Å². The van der Waals surface area contributed by atoms with Gasteiger partial charge in [-0.2, -0.15) is 0 Å². The van der Waals surface area contributed by atoms with Crippen molar-refractivity contribution in [2.75, 3.05) is 10.6 Å². The largest absolute Gasteiger partial charge is 0.478 e. The number of carbonyl (C=O) groups is 2. The summed E-state index contributed by atoms with van der Waals surface area (Å²) in [5.74, 6) is -1.05. The van der Waals surface area contributed by atoms with Crippen molar-refractivity contribution in [3.63, 3.8) is 0 Å². The zero-order valence-corrected chi connectivity index (χ0v) is 11.9. The van der Waals surface area contributed by atoms with Crippen LogP contribution in [-0.2, 0) is 0 Å². The summed E-state index contributed by atoms with van der Waals surface area (Å²) in [7, 11) is 0. The number of carboxylic acids is 1. The fourth-order valence-electron chi connectivity index (χ4n) is 1.76. The summed E-state index contributed by atoms with van der Waals surface area (Å²) in [6, 6.07) is 10.8. The highest BCUT2D eigenvalue weighted by Crippen LogP contribution is 2.25. The molecule has 2 aromatic rings. The maximum absolute atomic E-state index is 11.9. The van der Waals surface area contributed by atoms with Crippen LogP contribution in [0.2, 0.25) is 5.02 Å². The van der Waals surface area contributed by atoms with Crippen molar-refractivity contribution in [1.29, 1.82) is 0 Å². The molecule has 0 radical (unpaired) electrons. The summed E-state index contributed by atoms with van der Waals surface area (Å²) >= 11 is 6.09. The fraction of sp³-hybridized carbons (Fsp3) is 0.0667. The molecule has 2 aromatic carbocycles. The van der Waals surface area contributed by atoms with Gasteiger partial charge in [-0.25, -0.2) is 9.59 Å². The van der Waals surface area contributed by atoms with E-state index in [0.29, 0.717) is 16.4 Å². The predicted molar refractivity (Wildman–Crippen MR) is 82.2 cm³/mol. The van der Waals surface area contributed by atoms with Gasteiger partial charge >= 0.3 is 12.0 Å². The molecule has 0 fully saturated rings. The van der Waals surface area contributed by atoms with Crippen LogP contribution in [0, 0.1) is 6.92 Å². The first-order valence-corrected chi connectivity index (χ1v) is 6.51. The Morgan fingerprint density at radius 3 is 2.52 bits per heavy atom. The number of carboxylic acid groups (broad SMARTS) is 1. The number of anilines is 2. The lowest BCUT2D eigenvalue weighted by atomic mass is 10.2. The molecular formula is C15H13ClN2O3. The SMILES string of the molecule is Cc1cccc(NC(=O)Nc2cccc(C(=O)O)c2)c1Cl. The van der Waals surface area contributed by atoms with Gasteiger partial charge in [-0.3, -0.25) is 0 Å². The number of hydrogen-bond donors (Lipinski definition) is 3. The molecule has 0 aliphatic rings. The lowest BCUT2D eigenvalue weighted by Crippen LogP contribution is -2.20. The number of benzene rings is 2. The van der Waals surface area contributed by atoms with E-state index in [1.807, 2.05) is 13.0 Å². The van der Waals surface area contributed by atoms with Gasteiger partial charge in [0.2, 0.25) is 0 Å². The summed E-state index contributed by atoms with van der Waals surface area (Å²) in [5, 5.41) is 14.5. The zero-order valence-electron chi connectivity index (χ0n) is 11.2. The lowest BCUT2D eigenvalue weighted by molar-refractivity contribution is 0.0697. The first-order valence-electron chi connectivity index (χ1n) is 6.14. The van der Waals surface area contributed by atoms with Gasteiger partial charge in [0.1, 0.15) is 0 Å². The van der Waals surface area contributed by atoms with Gasteiger partial charge in [-0.15, -0.1) is 0 Å². The Morgan fingerprint density at radius 2 is 1.81 bits per heavy atom. The van der Waals surface area contributed by atoms with E-state index in [0.717, 1.165) is 5.56 Å². The van der Waals surface area contributed by atoms with E-state index in [2.05, 4.69) is 10.6 Å². The van der Waals surface area contributed by atoms with E-state index >= 15 is 0 Å². The molecule has 0 atom stereocenters.